The molecule has 3 aromatic carbocycles. The highest BCUT2D eigenvalue weighted by Gasteiger charge is 2.30. The lowest BCUT2D eigenvalue weighted by Crippen LogP contribution is -2.18. The number of halogens is 4. The van der Waals surface area contributed by atoms with E-state index in [0.717, 1.165) is 29.3 Å². The Balaban J connectivity index is 1.69. The second-order valence-electron chi connectivity index (χ2n) is 7.08. The molecule has 1 amide bonds. The molecule has 0 radical (unpaired) electrons. The smallest absolute Gasteiger partial charge is 0.416 e. The highest BCUT2D eigenvalue weighted by molar-refractivity contribution is 9.10. The molecule has 1 N–H and O–H groups in total. The van der Waals surface area contributed by atoms with Crippen molar-refractivity contribution >= 4 is 28.1 Å². The first-order valence-corrected chi connectivity index (χ1v) is 10.5. The molecule has 0 fully saturated rings. The average Bonchev–Trinajstić information content (AvgIpc) is 2.79. The van der Waals surface area contributed by atoms with E-state index in [-0.39, 0.29) is 5.56 Å². The van der Waals surface area contributed by atoms with E-state index in [1.807, 2.05) is 31.2 Å². The number of hydrogen-bond acceptors (Lipinski definition) is 4. The van der Waals surface area contributed by atoms with Crippen LogP contribution in [-0.4, -0.2) is 19.2 Å². The fourth-order valence-electron chi connectivity index (χ4n) is 2.83. The molecule has 33 heavy (non-hydrogen) atoms. The fourth-order valence-corrected chi connectivity index (χ4v) is 3.25. The van der Waals surface area contributed by atoms with E-state index in [1.54, 1.807) is 12.1 Å². The van der Waals surface area contributed by atoms with Gasteiger partial charge in [0.1, 0.15) is 6.61 Å². The van der Waals surface area contributed by atoms with Crippen molar-refractivity contribution in [3.63, 3.8) is 0 Å². The number of aryl methyl sites for hydroxylation is 1. The number of nitrogens with zero attached hydrogens (tertiary/aromatic N) is 1. The molecule has 0 aromatic heterocycles. The van der Waals surface area contributed by atoms with Crippen molar-refractivity contribution in [1.82, 2.24) is 5.43 Å². The molecule has 0 aliphatic carbocycles. The lowest BCUT2D eigenvalue weighted by molar-refractivity contribution is -0.137. The molecule has 0 aliphatic rings. The second-order valence-corrected chi connectivity index (χ2v) is 7.93. The standard InChI is InChI=1S/C24H20BrF3N2O3/c1-15-6-8-16(9-7-15)14-33-22-12-20(25)18(11-21(22)32-2)13-29-30-23(31)17-4-3-5-19(10-17)24(26,27)28/h3-13H,14H2,1-2H3,(H,30,31)/b29-13-. The monoisotopic (exact) mass is 520 g/mol. The number of carbonyl (C=O) groups is 1. The summed E-state index contributed by atoms with van der Waals surface area (Å²) in [5.74, 6) is 0.199. The van der Waals surface area contributed by atoms with Crippen LogP contribution in [0, 0.1) is 6.92 Å². The van der Waals surface area contributed by atoms with Gasteiger partial charge in [-0.25, -0.2) is 5.43 Å². The number of benzene rings is 3. The summed E-state index contributed by atoms with van der Waals surface area (Å²) in [7, 11) is 1.50. The van der Waals surface area contributed by atoms with Gasteiger partial charge in [0.15, 0.2) is 11.5 Å². The molecule has 0 aliphatic heterocycles. The third-order valence-electron chi connectivity index (χ3n) is 4.62. The van der Waals surface area contributed by atoms with E-state index in [9.17, 15) is 18.0 Å². The molecular formula is C24H20BrF3N2O3. The summed E-state index contributed by atoms with van der Waals surface area (Å²) in [4.78, 5) is 12.2. The first kappa shape index (κ1) is 24.3. The summed E-state index contributed by atoms with van der Waals surface area (Å²) in [6, 6.07) is 15.4. The van der Waals surface area contributed by atoms with Gasteiger partial charge in [-0.2, -0.15) is 18.3 Å². The Morgan fingerprint density at radius 3 is 2.48 bits per heavy atom. The van der Waals surface area contributed by atoms with Gasteiger partial charge in [0.25, 0.3) is 5.91 Å². The van der Waals surface area contributed by atoms with Gasteiger partial charge in [-0.15, -0.1) is 0 Å². The summed E-state index contributed by atoms with van der Waals surface area (Å²) in [5, 5.41) is 3.85. The van der Waals surface area contributed by atoms with Gasteiger partial charge in [0.05, 0.1) is 18.9 Å². The molecule has 0 heterocycles. The molecule has 0 atom stereocenters. The lowest BCUT2D eigenvalue weighted by Gasteiger charge is -2.13. The van der Waals surface area contributed by atoms with E-state index in [4.69, 9.17) is 9.47 Å². The lowest BCUT2D eigenvalue weighted by atomic mass is 10.1. The maximum Gasteiger partial charge on any atom is 0.416 e. The van der Waals surface area contributed by atoms with Crippen molar-refractivity contribution in [2.75, 3.05) is 7.11 Å². The normalized spacial score (nSPS) is 11.5. The minimum absolute atomic E-state index is 0.154. The molecule has 0 unspecified atom stereocenters. The number of rotatable bonds is 7. The van der Waals surface area contributed by atoms with E-state index in [2.05, 4.69) is 26.5 Å². The molecule has 0 bridgehead atoms. The number of alkyl halides is 3. The SMILES string of the molecule is COc1cc(/C=N\NC(=O)c2cccc(C(F)(F)F)c2)c(Br)cc1OCc1ccc(C)cc1. The topological polar surface area (TPSA) is 59.9 Å². The number of hydrogen-bond donors (Lipinski definition) is 1. The van der Waals surface area contributed by atoms with Crippen LogP contribution in [0.3, 0.4) is 0 Å². The van der Waals surface area contributed by atoms with Crippen molar-refractivity contribution in [2.45, 2.75) is 19.7 Å². The van der Waals surface area contributed by atoms with Crippen molar-refractivity contribution < 1.29 is 27.4 Å². The van der Waals surface area contributed by atoms with Crippen LogP contribution in [0.2, 0.25) is 0 Å². The summed E-state index contributed by atoms with van der Waals surface area (Å²) < 4.78 is 50.4. The van der Waals surface area contributed by atoms with E-state index >= 15 is 0 Å². The number of nitrogens with one attached hydrogen (secondary N) is 1. The molecular weight excluding hydrogens is 501 g/mol. The summed E-state index contributed by atoms with van der Waals surface area (Å²) in [6.07, 6.45) is -3.19. The summed E-state index contributed by atoms with van der Waals surface area (Å²) in [6.45, 7) is 2.36. The number of methoxy groups -OCH3 is 1. The Labute approximate surface area is 197 Å². The van der Waals surface area contributed by atoms with Gasteiger partial charge in [-0.05, 0) is 58.7 Å². The van der Waals surface area contributed by atoms with Crippen LogP contribution in [0.4, 0.5) is 13.2 Å². The minimum atomic E-state index is -4.54. The van der Waals surface area contributed by atoms with Crippen LogP contribution in [0.15, 0.2) is 70.2 Å². The Morgan fingerprint density at radius 2 is 1.82 bits per heavy atom. The van der Waals surface area contributed by atoms with Gasteiger partial charge in [-0.3, -0.25) is 4.79 Å². The highest BCUT2D eigenvalue weighted by atomic mass is 79.9. The van der Waals surface area contributed by atoms with Crippen LogP contribution in [0.1, 0.15) is 32.6 Å². The first-order valence-electron chi connectivity index (χ1n) is 9.74. The van der Waals surface area contributed by atoms with Gasteiger partial charge >= 0.3 is 6.18 Å². The molecule has 0 saturated heterocycles. The Kier molecular flexibility index (Phi) is 7.75. The highest BCUT2D eigenvalue weighted by Crippen LogP contribution is 2.33. The Bertz CT molecular complexity index is 1160. The predicted octanol–water partition coefficient (Wildman–Crippen LogP) is 6.13. The second kappa shape index (κ2) is 10.5. The largest absolute Gasteiger partial charge is 0.493 e. The summed E-state index contributed by atoms with van der Waals surface area (Å²) in [5.41, 5.74) is 3.89. The quantitative estimate of drug-likeness (QED) is 0.301. The van der Waals surface area contributed by atoms with Gasteiger partial charge in [0.2, 0.25) is 0 Å². The number of ether oxygens (including phenoxy) is 2. The van der Waals surface area contributed by atoms with Crippen molar-refractivity contribution in [3.05, 3.63) is 93.0 Å². The number of amides is 1. The third-order valence-corrected chi connectivity index (χ3v) is 5.31. The molecule has 172 valence electrons. The number of hydrazone groups is 1. The van der Waals surface area contributed by atoms with Crippen molar-refractivity contribution in [1.29, 1.82) is 0 Å². The van der Waals surface area contributed by atoms with E-state index in [1.165, 1.54) is 19.4 Å². The average molecular weight is 521 g/mol. The zero-order valence-corrected chi connectivity index (χ0v) is 19.3. The predicted molar refractivity (Wildman–Crippen MR) is 123 cm³/mol. The molecule has 9 heteroatoms. The van der Waals surface area contributed by atoms with Gasteiger partial charge < -0.3 is 9.47 Å². The van der Waals surface area contributed by atoms with Crippen molar-refractivity contribution in [3.8, 4) is 11.5 Å². The van der Waals surface area contributed by atoms with Crippen molar-refractivity contribution in [2.24, 2.45) is 5.10 Å². The van der Waals surface area contributed by atoms with Crippen LogP contribution >= 0.6 is 15.9 Å². The number of carbonyl (C=O) groups excluding carboxylic acids is 1. The third kappa shape index (κ3) is 6.58. The minimum Gasteiger partial charge on any atom is -0.493 e. The fraction of sp³-hybridized carbons (Fsp3) is 0.167. The first-order chi connectivity index (χ1) is 15.7. The molecule has 3 aromatic rings. The van der Waals surface area contributed by atoms with E-state index < -0.39 is 17.6 Å². The van der Waals surface area contributed by atoms with Crippen LogP contribution < -0.4 is 14.9 Å². The Morgan fingerprint density at radius 1 is 1.09 bits per heavy atom. The van der Waals surface area contributed by atoms with Crippen LogP contribution in [0.5, 0.6) is 11.5 Å². The zero-order valence-electron chi connectivity index (χ0n) is 17.7. The zero-order chi connectivity index (χ0) is 24.0. The molecule has 0 saturated carbocycles. The molecule has 3 rings (SSSR count). The van der Waals surface area contributed by atoms with E-state index in [0.29, 0.717) is 28.1 Å². The van der Waals surface area contributed by atoms with Crippen LogP contribution in [0.25, 0.3) is 0 Å². The molecule has 5 nitrogen and oxygen atoms in total. The maximum absolute atomic E-state index is 12.8. The van der Waals surface area contributed by atoms with Gasteiger partial charge in [-0.1, -0.05) is 35.9 Å². The van der Waals surface area contributed by atoms with Gasteiger partial charge in [0, 0.05) is 15.6 Å². The van der Waals surface area contributed by atoms with Crippen LogP contribution in [-0.2, 0) is 12.8 Å². The Hall–Kier alpha value is -3.33. The summed E-state index contributed by atoms with van der Waals surface area (Å²) >= 11 is 3.43. The molecule has 0 spiro atoms. The maximum atomic E-state index is 12.8.